The molecule has 0 aliphatic heterocycles. The molecule has 1 rings (SSSR count). The third kappa shape index (κ3) is 5.77. The molecule has 0 radical (unpaired) electrons. The summed E-state index contributed by atoms with van der Waals surface area (Å²) in [7, 11) is 1.62. The number of carbonyl (C=O) groups is 1. The molecule has 0 aliphatic carbocycles. The van der Waals surface area contributed by atoms with Crippen LogP contribution < -0.4 is 10.6 Å². The highest BCUT2D eigenvalue weighted by Crippen LogP contribution is 2.09. The molecule has 1 amide bonds. The molecule has 5 heteroatoms. The number of nitrogens with one attached hydrogen (secondary N) is 2. The first-order valence-electron chi connectivity index (χ1n) is 5.95. The Balaban J connectivity index is 2.30. The number of amides is 1. The molecular weight excluding hydrogens is 232 g/mol. The number of hydrogen-bond donors (Lipinski definition) is 3. The van der Waals surface area contributed by atoms with Crippen LogP contribution in [0.5, 0.6) is 0 Å². The van der Waals surface area contributed by atoms with Gasteiger partial charge in [-0.05, 0) is 24.1 Å². The lowest BCUT2D eigenvalue weighted by Crippen LogP contribution is -2.30. The molecule has 18 heavy (non-hydrogen) atoms. The quantitative estimate of drug-likeness (QED) is 0.586. The fourth-order valence-electron chi connectivity index (χ4n) is 1.47. The number of hydrogen-bond acceptors (Lipinski definition) is 4. The molecule has 1 aromatic rings. The maximum absolute atomic E-state index is 11.5. The molecule has 3 N–H and O–H groups in total. The van der Waals surface area contributed by atoms with Gasteiger partial charge in [-0.15, -0.1) is 0 Å². The zero-order chi connectivity index (χ0) is 13.2. The molecule has 0 bridgehead atoms. The van der Waals surface area contributed by atoms with Gasteiger partial charge in [-0.3, -0.25) is 4.79 Å². The lowest BCUT2D eigenvalue weighted by Gasteiger charge is -2.07. The van der Waals surface area contributed by atoms with Gasteiger partial charge >= 0.3 is 0 Å². The highest BCUT2D eigenvalue weighted by atomic mass is 16.5. The van der Waals surface area contributed by atoms with E-state index in [0.717, 1.165) is 11.3 Å². The van der Waals surface area contributed by atoms with Gasteiger partial charge in [-0.1, -0.05) is 12.1 Å². The van der Waals surface area contributed by atoms with Gasteiger partial charge in [-0.2, -0.15) is 0 Å². The van der Waals surface area contributed by atoms with Crippen molar-refractivity contribution in [3.8, 4) is 0 Å². The summed E-state index contributed by atoms with van der Waals surface area (Å²) in [5.74, 6) is -0.0824. The number of aliphatic hydroxyl groups excluding tert-OH is 1. The second kappa shape index (κ2) is 8.63. The Hall–Kier alpha value is -1.43. The van der Waals surface area contributed by atoms with Crippen molar-refractivity contribution in [3.05, 3.63) is 29.8 Å². The first kappa shape index (κ1) is 14.6. The number of anilines is 1. The zero-order valence-corrected chi connectivity index (χ0v) is 10.6. The number of benzene rings is 1. The molecule has 0 atom stereocenters. The molecule has 0 aromatic heterocycles. The predicted molar refractivity (Wildman–Crippen MR) is 70.6 cm³/mol. The van der Waals surface area contributed by atoms with E-state index in [-0.39, 0.29) is 19.1 Å². The summed E-state index contributed by atoms with van der Waals surface area (Å²) in [6.07, 6.45) is 0.632. The van der Waals surface area contributed by atoms with Crippen LogP contribution in [0.15, 0.2) is 24.3 Å². The van der Waals surface area contributed by atoms with Gasteiger partial charge in [0.15, 0.2) is 0 Å². The van der Waals surface area contributed by atoms with Gasteiger partial charge in [0.1, 0.15) is 0 Å². The average Bonchev–Trinajstić information content (AvgIpc) is 2.37. The second-order valence-electron chi connectivity index (χ2n) is 3.89. The SMILES string of the molecule is COCCNCC(=O)Nc1ccc(CCO)cc1. The Morgan fingerprint density at radius 3 is 2.67 bits per heavy atom. The molecule has 0 unspecified atom stereocenters. The van der Waals surface area contributed by atoms with E-state index in [4.69, 9.17) is 9.84 Å². The number of carbonyl (C=O) groups excluding carboxylic acids is 1. The lowest BCUT2D eigenvalue weighted by atomic mass is 10.1. The molecule has 0 saturated carbocycles. The third-order valence-corrected chi connectivity index (χ3v) is 2.41. The van der Waals surface area contributed by atoms with Crippen LogP contribution >= 0.6 is 0 Å². The summed E-state index contributed by atoms with van der Waals surface area (Å²) < 4.78 is 4.86. The molecule has 0 spiro atoms. The minimum atomic E-state index is -0.0824. The van der Waals surface area contributed by atoms with Gasteiger partial charge in [0, 0.05) is 25.9 Å². The van der Waals surface area contributed by atoms with Crippen molar-refractivity contribution in [1.29, 1.82) is 0 Å². The van der Waals surface area contributed by atoms with Crippen molar-refractivity contribution in [2.75, 3.05) is 38.7 Å². The van der Waals surface area contributed by atoms with E-state index in [1.165, 1.54) is 0 Å². The minimum Gasteiger partial charge on any atom is -0.396 e. The van der Waals surface area contributed by atoms with E-state index < -0.39 is 0 Å². The summed E-state index contributed by atoms with van der Waals surface area (Å²) in [6, 6.07) is 7.45. The maximum Gasteiger partial charge on any atom is 0.238 e. The Morgan fingerprint density at radius 1 is 1.33 bits per heavy atom. The molecule has 0 heterocycles. The van der Waals surface area contributed by atoms with Crippen molar-refractivity contribution < 1.29 is 14.6 Å². The van der Waals surface area contributed by atoms with Crippen LogP contribution in [0.1, 0.15) is 5.56 Å². The molecular formula is C13H20N2O3. The fraction of sp³-hybridized carbons (Fsp3) is 0.462. The number of aliphatic hydroxyl groups is 1. The van der Waals surface area contributed by atoms with Crippen molar-refractivity contribution >= 4 is 11.6 Å². The third-order valence-electron chi connectivity index (χ3n) is 2.41. The van der Waals surface area contributed by atoms with Crippen LogP contribution in [0.2, 0.25) is 0 Å². The van der Waals surface area contributed by atoms with Crippen LogP contribution in [0.3, 0.4) is 0 Å². The van der Waals surface area contributed by atoms with Crippen LogP contribution in [0, 0.1) is 0 Å². The van der Waals surface area contributed by atoms with Crippen LogP contribution in [-0.4, -0.2) is 44.4 Å². The fourth-order valence-corrected chi connectivity index (χ4v) is 1.47. The van der Waals surface area contributed by atoms with Crippen molar-refractivity contribution in [3.63, 3.8) is 0 Å². The van der Waals surface area contributed by atoms with Gasteiger partial charge in [0.2, 0.25) is 5.91 Å². The summed E-state index contributed by atoms with van der Waals surface area (Å²) in [4.78, 5) is 11.5. The van der Waals surface area contributed by atoms with Crippen LogP contribution in [-0.2, 0) is 16.0 Å². The first-order chi connectivity index (χ1) is 8.76. The summed E-state index contributed by atoms with van der Waals surface area (Å²) in [6.45, 7) is 1.64. The standard InChI is InChI=1S/C13H20N2O3/c1-18-9-7-14-10-13(17)15-12-4-2-11(3-5-12)6-8-16/h2-5,14,16H,6-10H2,1H3,(H,15,17). The van der Waals surface area contributed by atoms with Crippen molar-refractivity contribution in [2.45, 2.75) is 6.42 Å². The molecule has 100 valence electrons. The topological polar surface area (TPSA) is 70.6 Å². The van der Waals surface area contributed by atoms with E-state index >= 15 is 0 Å². The lowest BCUT2D eigenvalue weighted by molar-refractivity contribution is -0.115. The maximum atomic E-state index is 11.5. The largest absolute Gasteiger partial charge is 0.396 e. The van der Waals surface area contributed by atoms with Gasteiger partial charge < -0.3 is 20.5 Å². The number of ether oxygens (including phenoxy) is 1. The van der Waals surface area contributed by atoms with Crippen LogP contribution in [0.25, 0.3) is 0 Å². The van der Waals surface area contributed by atoms with Gasteiger partial charge in [0.05, 0.1) is 13.2 Å². The van der Waals surface area contributed by atoms with E-state index in [9.17, 15) is 4.79 Å². The summed E-state index contributed by atoms with van der Waals surface area (Å²) in [5.41, 5.74) is 1.81. The first-order valence-corrected chi connectivity index (χ1v) is 5.95. The minimum absolute atomic E-state index is 0.0824. The Bertz CT molecular complexity index is 352. The Kier molecular flexibility index (Phi) is 7.01. The number of methoxy groups -OCH3 is 1. The highest BCUT2D eigenvalue weighted by molar-refractivity contribution is 5.92. The smallest absolute Gasteiger partial charge is 0.238 e. The monoisotopic (exact) mass is 252 g/mol. The zero-order valence-electron chi connectivity index (χ0n) is 10.6. The summed E-state index contributed by atoms with van der Waals surface area (Å²) in [5, 5.41) is 14.5. The van der Waals surface area contributed by atoms with E-state index in [1.54, 1.807) is 7.11 Å². The number of rotatable bonds is 8. The van der Waals surface area contributed by atoms with E-state index in [2.05, 4.69) is 10.6 Å². The average molecular weight is 252 g/mol. The second-order valence-corrected chi connectivity index (χ2v) is 3.89. The predicted octanol–water partition coefficient (Wildman–Crippen LogP) is 0.396. The molecule has 0 saturated heterocycles. The normalized spacial score (nSPS) is 10.3. The van der Waals surface area contributed by atoms with E-state index in [0.29, 0.717) is 19.6 Å². The van der Waals surface area contributed by atoms with Gasteiger partial charge in [0.25, 0.3) is 0 Å². The molecule has 1 aromatic carbocycles. The highest BCUT2D eigenvalue weighted by Gasteiger charge is 2.01. The van der Waals surface area contributed by atoms with E-state index in [1.807, 2.05) is 24.3 Å². The molecule has 5 nitrogen and oxygen atoms in total. The van der Waals surface area contributed by atoms with Gasteiger partial charge in [-0.25, -0.2) is 0 Å². The Labute approximate surface area is 107 Å². The van der Waals surface area contributed by atoms with Crippen molar-refractivity contribution in [1.82, 2.24) is 5.32 Å². The molecule has 0 fully saturated rings. The van der Waals surface area contributed by atoms with Crippen LogP contribution in [0.4, 0.5) is 5.69 Å². The summed E-state index contributed by atoms with van der Waals surface area (Å²) >= 11 is 0. The Morgan fingerprint density at radius 2 is 2.06 bits per heavy atom. The molecule has 0 aliphatic rings. The van der Waals surface area contributed by atoms with Crippen molar-refractivity contribution in [2.24, 2.45) is 0 Å².